The topological polar surface area (TPSA) is 65.7 Å². The predicted molar refractivity (Wildman–Crippen MR) is 77.2 cm³/mol. The maximum atomic E-state index is 11.5. The lowest BCUT2D eigenvalue weighted by Crippen LogP contribution is -1.95. The van der Waals surface area contributed by atoms with E-state index in [9.17, 15) is 4.79 Å². The van der Waals surface area contributed by atoms with Crippen molar-refractivity contribution in [3.8, 4) is 22.8 Å². The molecule has 0 N–H and O–H groups in total. The van der Waals surface area contributed by atoms with Gasteiger partial charge in [0.15, 0.2) is 17.8 Å². The van der Waals surface area contributed by atoms with Crippen LogP contribution in [0, 0.1) is 0 Å². The highest BCUT2D eigenvalue weighted by atomic mass is 32.1. The van der Waals surface area contributed by atoms with E-state index in [-0.39, 0.29) is 6.79 Å². The highest BCUT2D eigenvalue weighted by Gasteiger charge is 2.20. The highest BCUT2D eigenvalue weighted by molar-refractivity contribution is 7.16. The summed E-state index contributed by atoms with van der Waals surface area (Å²) >= 11 is 1.49. The van der Waals surface area contributed by atoms with Crippen molar-refractivity contribution in [3.63, 3.8) is 0 Å². The molecule has 0 bridgehead atoms. The van der Waals surface area contributed by atoms with E-state index >= 15 is 0 Å². The van der Waals surface area contributed by atoms with E-state index in [0.717, 1.165) is 28.2 Å². The molecule has 0 fully saturated rings. The van der Waals surface area contributed by atoms with Crippen LogP contribution in [0.3, 0.4) is 0 Å². The number of aldehydes is 1. The number of ether oxygens (including phenoxy) is 2. The fourth-order valence-electron chi connectivity index (χ4n) is 2.31. The minimum Gasteiger partial charge on any atom is -0.454 e. The number of aryl methyl sites for hydroxylation is 1. The largest absolute Gasteiger partial charge is 0.454 e. The Bertz CT molecular complexity index is 853. The Balaban J connectivity index is 1.89. The molecule has 0 amide bonds. The minimum absolute atomic E-state index is 0.221. The number of aromatic nitrogens is 3. The second kappa shape index (κ2) is 4.56. The van der Waals surface area contributed by atoms with Crippen LogP contribution < -0.4 is 9.47 Å². The molecule has 1 aliphatic rings. The summed E-state index contributed by atoms with van der Waals surface area (Å²) in [4.78, 5) is 16.7. The van der Waals surface area contributed by atoms with E-state index in [1.807, 2.05) is 25.1 Å². The van der Waals surface area contributed by atoms with Gasteiger partial charge in [-0.05, 0) is 24.6 Å². The Morgan fingerprint density at radius 2 is 2.24 bits per heavy atom. The third-order valence-corrected chi connectivity index (χ3v) is 4.39. The lowest BCUT2D eigenvalue weighted by atomic mass is 10.1. The van der Waals surface area contributed by atoms with Gasteiger partial charge in [0.05, 0.1) is 0 Å². The van der Waals surface area contributed by atoms with Crippen LogP contribution in [0.4, 0.5) is 0 Å². The normalized spacial score (nSPS) is 13.0. The smallest absolute Gasteiger partial charge is 0.231 e. The summed E-state index contributed by atoms with van der Waals surface area (Å²) in [6.45, 7) is 2.25. The molecule has 21 heavy (non-hydrogen) atoms. The number of rotatable bonds is 3. The van der Waals surface area contributed by atoms with E-state index in [1.54, 1.807) is 4.52 Å². The SMILES string of the molecule is CCc1nn2c(C=O)c(-c3ccc4c(c3)OCO4)nc2s1. The Morgan fingerprint density at radius 3 is 3.05 bits per heavy atom. The quantitative estimate of drug-likeness (QED) is 0.696. The van der Waals surface area contributed by atoms with Gasteiger partial charge in [0, 0.05) is 5.56 Å². The molecule has 7 heteroatoms. The molecule has 6 nitrogen and oxygen atoms in total. The van der Waals surface area contributed by atoms with Gasteiger partial charge in [-0.15, -0.1) is 0 Å². The molecule has 0 atom stereocenters. The van der Waals surface area contributed by atoms with Crippen molar-refractivity contribution >= 4 is 22.6 Å². The molecule has 2 aromatic heterocycles. The highest BCUT2D eigenvalue weighted by Crippen LogP contribution is 2.36. The van der Waals surface area contributed by atoms with Crippen molar-refractivity contribution in [2.24, 2.45) is 0 Å². The van der Waals surface area contributed by atoms with Gasteiger partial charge in [-0.25, -0.2) is 4.98 Å². The van der Waals surface area contributed by atoms with Crippen LogP contribution in [0.2, 0.25) is 0 Å². The van der Waals surface area contributed by atoms with Crippen LogP contribution in [0.5, 0.6) is 11.5 Å². The molecule has 3 heterocycles. The van der Waals surface area contributed by atoms with Gasteiger partial charge in [-0.2, -0.15) is 9.61 Å². The van der Waals surface area contributed by atoms with Crippen molar-refractivity contribution in [3.05, 3.63) is 28.9 Å². The second-order valence-electron chi connectivity index (χ2n) is 4.58. The number of hydrogen-bond donors (Lipinski definition) is 0. The van der Waals surface area contributed by atoms with Gasteiger partial charge in [0.1, 0.15) is 16.4 Å². The van der Waals surface area contributed by atoms with Crippen LogP contribution in [-0.4, -0.2) is 27.7 Å². The molecular formula is C14H11N3O3S. The number of benzene rings is 1. The van der Waals surface area contributed by atoms with Gasteiger partial charge < -0.3 is 9.47 Å². The van der Waals surface area contributed by atoms with E-state index in [2.05, 4.69) is 10.1 Å². The number of carbonyl (C=O) groups is 1. The molecule has 0 saturated carbocycles. The molecular weight excluding hydrogens is 290 g/mol. The average Bonchev–Trinajstić information content (AvgIpc) is 3.19. The lowest BCUT2D eigenvalue weighted by molar-refractivity contribution is 0.111. The van der Waals surface area contributed by atoms with Crippen molar-refractivity contribution in [2.45, 2.75) is 13.3 Å². The van der Waals surface area contributed by atoms with E-state index in [4.69, 9.17) is 9.47 Å². The average molecular weight is 301 g/mol. The van der Waals surface area contributed by atoms with Crippen LogP contribution >= 0.6 is 11.3 Å². The molecule has 1 aliphatic heterocycles. The lowest BCUT2D eigenvalue weighted by Gasteiger charge is -2.00. The number of carbonyl (C=O) groups excluding carboxylic acids is 1. The summed E-state index contributed by atoms with van der Waals surface area (Å²) in [7, 11) is 0. The zero-order valence-electron chi connectivity index (χ0n) is 11.2. The maximum absolute atomic E-state index is 11.5. The van der Waals surface area contributed by atoms with Crippen LogP contribution in [0.15, 0.2) is 18.2 Å². The molecule has 3 aromatic rings. The first-order valence-corrected chi connectivity index (χ1v) is 7.35. The van der Waals surface area contributed by atoms with Crippen molar-refractivity contribution in [1.29, 1.82) is 0 Å². The summed E-state index contributed by atoms with van der Waals surface area (Å²) in [6.07, 6.45) is 1.62. The standard InChI is InChI=1S/C14H11N3O3S/c1-2-12-16-17-9(6-18)13(15-14(17)21-12)8-3-4-10-11(5-8)20-7-19-10/h3-6H,2,7H2,1H3. The van der Waals surface area contributed by atoms with Crippen LogP contribution in [0.1, 0.15) is 22.4 Å². The monoisotopic (exact) mass is 301 g/mol. The minimum atomic E-state index is 0.221. The zero-order valence-corrected chi connectivity index (χ0v) is 12.0. The van der Waals surface area contributed by atoms with Crippen LogP contribution in [-0.2, 0) is 6.42 Å². The molecule has 106 valence electrons. The Labute approximate surface area is 123 Å². The number of nitrogens with zero attached hydrogens (tertiary/aromatic N) is 3. The van der Waals surface area contributed by atoms with E-state index in [0.29, 0.717) is 22.9 Å². The Kier molecular flexibility index (Phi) is 2.68. The predicted octanol–water partition coefficient (Wildman–Crippen LogP) is 2.56. The number of imidazole rings is 1. The Morgan fingerprint density at radius 1 is 1.38 bits per heavy atom. The van der Waals surface area contributed by atoms with E-state index in [1.165, 1.54) is 11.3 Å². The first-order valence-electron chi connectivity index (χ1n) is 6.53. The molecule has 0 aliphatic carbocycles. The summed E-state index contributed by atoms with van der Waals surface area (Å²) < 4.78 is 12.3. The van der Waals surface area contributed by atoms with Gasteiger partial charge in [0.2, 0.25) is 11.8 Å². The van der Waals surface area contributed by atoms with E-state index < -0.39 is 0 Å². The number of fused-ring (bicyclic) bond motifs is 2. The van der Waals surface area contributed by atoms with Gasteiger partial charge >= 0.3 is 0 Å². The van der Waals surface area contributed by atoms with Crippen LogP contribution in [0.25, 0.3) is 16.2 Å². The molecule has 0 spiro atoms. The third kappa shape index (κ3) is 1.81. The maximum Gasteiger partial charge on any atom is 0.231 e. The third-order valence-electron chi connectivity index (χ3n) is 3.34. The fraction of sp³-hybridized carbons (Fsp3) is 0.214. The van der Waals surface area contributed by atoms with Gasteiger partial charge in [-0.1, -0.05) is 18.3 Å². The Hall–Kier alpha value is -2.41. The summed E-state index contributed by atoms with van der Waals surface area (Å²) in [5.74, 6) is 1.38. The molecule has 1 aromatic carbocycles. The van der Waals surface area contributed by atoms with Crippen molar-refractivity contribution in [2.75, 3.05) is 6.79 Å². The molecule has 0 unspecified atom stereocenters. The first kappa shape index (κ1) is 12.3. The second-order valence-corrected chi connectivity index (χ2v) is 5.62. The van der Waals surface area contributed by atoms with Crippen molar-refractivity contribution < 1.29 is 14.3 Å². The first-order chi connectivity index (χ1) is 10.3. The summed E-state index contributed by atoms with van der Waals surface area (Å²) in [6, 6.07) is 5.53. The summed E-state index contributed by atoms with van der Waals surface area (Å²) in [5, 5.41) is 5.36. The summed E-state index contributed by atoms with van der Waals surface area (Å²) in [5.41, 5.74) is 1.89. The number of hydrogen-bond acceptors (Lipinski definition) is 6. The van der Waals surface area contributed by atoms with Gasteiger partial charge in [0.25, 0.3) is 0 Å². The van der Waals surface area contributed by atoms with Gasteiger partial charge in [-0.3, -0.25) is 4.79 Å². The molecule has 4 rings (SSSR count). The van der Waals surface area contributed by atoms with Crippen molar-refractivity contribution in [1.82, 2.24) is 14.6 Å². The fourth-order valence-corrected chi connectivity index (χ4v) is 3.15. The molecule has 0 saturated heterocycles. The zero-order chi connectivity index (χ0) is 14.4. The molecule has 0 radical (unpaired) electrons.